The van der Waals surface area contributed by atoms with Crippen molar-refractivity contribution in [1.29, 1.82) is 0 Å². The Morgan fingerprint density at radius 2 is 1.83 bits per heavy atom. The Morgan fingerprint density at radius 3 is 2.38 bits per heavy atom. The monoisotopic (exact) mass is 368 g/mol. The van der Waals surface area contributed by atoms with Crippen LogP contribution in [-0.4, -0.2) is 12.0 Å². The Hall–Kier alpha value is -1.75. The zero-order valence-corrected chi connectivity index (χ0v) is 15.4. The minimum absolute atomic E-state index is 0. The number of ether oxygens (including phenoxy) is 1. The molecule has 0 aliphatic rings. The predicted molar refractivity (Wildman–Crippen MR) is 101 cm³/mol. The van der Waals surface area contributed by atoms with Crippen LogP contribution in [0.4, 0.5) is 5.69 Å². The summed E-state index contributed by atoms with van der Waals surface area (Å²) in [6.45, 7) is 5.52. The average molecular weight is 369 g/mol. The lowest BCUT2D eigenvalue weighted by atomic mass is 9.92. The molecule has 0 saturated carbocycles. The lowest BCUT2D eigenvalue weighted by molar-refractivity contribution is -0.120. The molecule has 6 heteroatoms. The van der Waals surface area contributed by atoms with Gasteiger partial charge in [-0.25, -0.2) is 0 Å². The van der Waals surface area contributed by atoms with E-state index < -0.39 is 5.54 Å². The minimum atomic E-state index is -1.14. The van der Waals surface area contributed by atoms with Gasteiger partial charge in [0.2, 0.25) is 5.91 Å². The van der Waals surface area contributed by atoms with E-state index >= 15 is 0 Å². The third kappa shape index (κ3) is 4.87. The number of benzene rings is 2. The van der Waals surface area contributed by atoms with Crippen LogP contribution in [-0.2, 0) is 10.3 Å². The maximum atomic E-state index is 12.5. The van der Waals surface area contributed by atoms with Crippen molar-refractivity contribution in [2.45, 2.75) is 32.4 Å². The van der Waals surface area contributed by atoms with Gasteiger partial charge < -0.3 is 15.8 Å². The minimum Gasteiger partial charge on any atom is -0.489 e. The highest BCUT2D eigenvalue weighted by atomic mass is 35.5. The summed E-state index contributed by atoms with van der Waals surface area (Å²) in [5, 5.41) is 3.24. The molecule has 1 unspecified atom stereocenters. The first-order chi connectivity index (χ1) is 10.8. The van der Waals surface area contributed by atoms with Crippen molar-refractivity contribution in [3.8, 4) is 5.75 Å². The molecule has 2 rings (SSSR count). The molecule has 0 aliphatic carbocycles. The smallest absolute Gasteiger partial charge is 0.248 e. The number of nitrogens with two attached hydrogens (primary N) is 1. The molecular weight excluding hydrogens is 347 g/mol. The molecule has 0 bridgehead atoms. The van der Waals surface area contributed by atoms with Gasteiger partial charge in [0.1, 0.15) is 11.3 Å². The van der Waals surface area contributed by atoms with Gasteiger partial charge in [0.25, 0.3) is 0 Å². The summed E-state index contributed by atoms with van der Waals surface area (Å²) in [4.78, 5) is 12.5. The molecule has 2 aromatic rings. The van der Waals surface area contributed by atoms with E-state index in [1.54, 1.807) is 25.1 Å². The summed E-state index contributed by atoms with van der Waals surface area (Å²) in [7, 11) is 0. The lowest BCUT2D eigenvalue weighted by Gasteiger charge is -2.24. The SMILES string of the molecule is CC(C)Oc1ccc(NC(=O)C(C)(N)c2ccccc2)cc1Cl.Cl. The summed E-state index contributed by atoms with van der Waals surface area (Å²) in [5.74, 6) is 0.274. The summed E-state index contributed by atoms with van der Waals surface area (Å²) >= 11 is 6.18. The van der Waals surface area contributed by atoms with Crippen LogP contribution in [0.2, 0.25) is 5.02 Å². The second kappa shape index (κ2) is 8.38. The van der Waals surface area contributed by atoms with Crippen LogP contribution in [0.1, 0.15) is 26.3 Å². The first kappa shape index (κ1) is 20.3. The van der Waals surface area contributed by atoms with Crippen molar-refractivity contribution >= 4 is 35.6 Å². The maximum absolute atomic E-state index is 12.5. The molecule has 0 aliphatic heterocycles. The molecule has 1 atom stereocenters. The van der Waals surface area contributed by atoms with Crippen LogP contribution in [0.15, 0.2) is 48.5 Å². The van der Waals surface area contributed by atoms with Gasteiger partial charge in [0.15, 0.2) is 0 Å². The van der Waals surface area contributed by atoms with Crippen molar-refractivity contribution in [3.05, 3.63) is 59.1 Å². The van der Waals surface area contributed by atoms with E-state index in [4.69, 9.17) is 22.1 Å². The van der Waals surface area contributed by atoms with Gasteiger partial charge in [-0.05, 0) is 44.5 Å². The zero-order valence-electron chi connectivity index (χ0n) is 13.9. The van der Waals surface area contributed by atoms with Crippen molar-refractivity contribution in [3.63, 3.8) is 0 Å². The number of halogens is 2. The number of rotatable bonds is 5. The fourth-order valence-corrected chi connectivity index (χ4v) is 2.33. The van der Waals surface area contributed by atoms with E-state index in [9.17, 15) is 4.79 Å². The van der Waals surface area contributed by atoms with Crippen molar-refractivity contribution in [1.82, 2.24) is 0 Å². The second-order valence-corrected chi connectivity index (χ2v) is 6.24. The number of hydrogen-bond acceptors (Lipinski definition) is 3. The van der Waals surface area contributed by atoms with E-state index in [-0.39, 0.29) is 24.4 Å². The Labute approximate surface area is 153 Å². The number of nitrogens with one attached hydrogen (secondary N) is 1. The van der Waals surface area contributed by atoms with E-state index in [0.29, 0.717) is 16.5 Å². The molecule has 130 valence electrons. The van der Waals surface area contributed by atoms with Gasteiger partial charge in [-0.1, -0.05) is 41.9 Å². The Morgan fingerprint density at radius 1 is 1.21 bits per heavy atom. The Balaban J connectivity index is 0.00000288. The van der Waals surface area contributed by atoms with Crippen molar-refractivity contribution in [2.24, 2.45) is 5.73 Å². The molecular formula is C18H22Cl2N2O2. The van der Waals surface area contributed by atoms with Gasteiger partial charge in [-0.15, -0.1) is 12.4 Å². The van der Waals surface area contributed by atoms with Crippen LogP contribution in [0.5, 0.6) is 5.75 Å². The summed E-state index contributed by atoms with van der Waals surface area (Å²) in [6, 6.07) is 14.4. The van der Waals surface area contributed by atoms with Crippen molar-refractivity contribution < 1.29 is 9.53 Å². The molecule has 2 aromatic carbocycles. The predicted octanol–water partition coefficient (Wildman–Crippen LogP) is 4.36. The molecule has 0 saturated heterocycles. The number of amides is 1. The topological polar surface area (TPSA) is 64.3 Å². The van der Waals surface area contributed by atoms with E-state index in [1.807, 2.05) is 44.2 Å². The fraction of sp³-hybridized carbons (Fsp3) is 0.278. The third-order valence-electron chi connectivity index (χ3n) is 3.40. The molecule has 3 N–H and O–H groups in total. The molecule has 0 radical (unpaired) electrons. The highest BCUT2D eigenvalue weighted by molar-refractivity contribution is 6.32. The molecule has 24 heavy (non-hydrogen) atoms. The van der Waals surface area contributed by atoms with Gasteiger partial charge in [-0.2, -0.15) is 0 Å². The average Bonchev–Trinajstić information content (AvgIpc) is 2.50. The van der Waals surface area contributed by atoms with Gasteiger partial charge >= 0.3 is 0 Å². The van der Waals surface area contributed by atoms with Gasteiger partial charge in [0.05, 0.1) is 11.1 Å². The second-order valence-electron chi connectivity index (χ2n) is 5.83. The normalized spacial score (nSPS) is 12.9. The quantitative estimate of drug-likeness (QED) is 0.823. The first-order valence-corrected chi connectivity index (χ1v) is 7.80. The third-order valence-corrected chi connectivity index (χ3v) is 3.69. The van der Waals surface area contributed by atoms with E-state index in [0.717, 1.165) is 5.56 Å². The summed E-state index contributed by atoms with van der Waals surface area (Å²) in [6.07, 6.45) is 0.0263. The van der Waals surface area contributed by atoms with Crippen LogP contribution in [0.25, 0.3) is 0 Å². The van der Waals surface area contributed by atoms with Crippen LogP contribution < -0.4 is 15.8 Å². The molecule has 0 spiro atoms. The van der Waals surface area contributed by atoms with Crippen LogP contribution in [0, 0.1) is 0 Å². The highest BCUT2D eigenvalue weighted by Crippen LogP contribution is 2.29. The zero-order chi connectivity index (χ0) is 17.0. The largest absolute Gasteiger partial charge is 0.489 e. The molecule has 0 aromatic heterocycles. The summed E-state index contributed by atoms with van der Waals surface area (Å²) < 4.78 is 5.57. The highest BCUT2D eigenvalue weighted by Gasteiger charge is 2.30. The fourth-order valence-electron chi connectivity index (χ4n) is 2.10. The number of carbonyl (C=O) groups is 1. The number of hydrogen-bond donors (Lipinski definition) is 2. The Kier molecular flexibility index (Phi) is 7.08. The van der Waals surface area contributed by atoms with Crippen molar-refractivity contribution in [2.75, 3.05) is 5.32 Å². The van der Waals surface area contributed by atoms with E-state index in [1.165, 1.54) is 0 Å². The van der Waals surface area contributed by atoms with Crippen LogP contribution >= 0.6 is 24.0 Å². The molecule has 4 nitrogen and oxygen atoms in total. The van der Waals surface area contributed by atoms with Gasteiger partial charge in [0, 0.05) is 5.69 Å². The summed E-state index contributed by atoms with van der Waals surface area (Å²) in [5.41, 5.74) is 6.37. The molecule has 0 heterocycles. The molecule has 1 amide bonds. The molecule has 0 fully saturated rings. The van der Waals surface area contributed by atoms with E-state index in [2.05, 4.69) is 5.32 Å². The standard InChI is InChI=1S/C18H21ClN2O2.ClH/c1-12(2)23-16-10-9-14(11-15(16)19)21-17(22)18(3,20)13-7-5-4-6-8-13;/h4-12H,20H2,1-3H3,(H,21,22);1H. The maximum Gasteiger partial charge on any atom is 0.248 e. The van der Waals surface area contributed by atoms with Crippen LogP contribution in [0.3, 0.4) is 0 Å². The lowest BCUT2D eigenvalue weighted by Crippen LogP contribution is -2.45. The number of anilines is 1. The first-order valence-electron chi connectivity index (χ1n) is 7.43. The Bertz CT molecular complexity index is 689. The van der Waals surface area contributed by atoms with Gasteiger partial charge in [-0.3, -0.25) is 4.79 Å². The number of carbonyl (C=O) groups excluding carboxylic acids is 1.